The predicted octanol–water partition coefficient (Wildman–Crippen LogP) is 4.99. The minimum Gasteiger partial charge on any atom is -0.497 e. The predicted molar refractivity (Wildman–Crippen MR) is 109 cm³/mol. The minimum absolute atomic E-state index is 0.442. The zero-order valence-electron chi connectivity index (χ0n) is 16.1. The van der Waals surface area contributed by atoms with Gasteiger partial charge in [-0.25, -0.2) is 0 Å². The van der Waals surface area contributed by atoms with E-state index in [1.54, 1.807) is 14.2 Å². The van der Waals surface area contributed by atoms with Gasteiger partial charge in [0.2, 0.25) is 0 Å². The molecule has 1 fully saturated rings. The highest BCUT2D eigenvalue weighted by molar-refractivity contribution is 7.80. The molecule has 0 heterocycles. The Morgan fingerprint density at radius 3 is 2.40 bits per heavy atom. The van der Waals surface area contributed by atoms with Crippen molar-refractivity contribution in [3.8, 4) is 11.5 Å². The zero-order valence-corrected chi connectivity index (χ0v) is 17.0. The summed E-state index contributed by atoms with van der Waals surface area (Å²) >= 11 is 5.51. The smallest absolute Gasteiger partial charge is 0.171 e. The molecule has 0 aromatic heterocycles. The second kappa shape index (κ2) is 8.75. The summed E-state index contributed by atoms with van der Waals surface area (Å²) in [5.74, 6) is 2.34. The van der Waals surface area contributed by atoms with E-state index in [4.69, 9.17) is 21.7 Å². The van der Waals surface area contributed by atoms with Gasteiger partial charge in [0, 0.05) is 12.1 Å². The van der Waals surface area contributed by atoms with Crippen molar-refractivity contribution < 1.29 is 9.47 Å². The van der Waals surface area contributed by atoms with Crippen LogP contribution >= 0.6 is 12.2 Å². The van der Waals surface area contributed by atoms with Crippen LogP contribution in [0.2, 0.25) is 0 Å². The molecule has 2 rings (SSSR count). The summed E-state index contributed by atoms with van der Waals surface area (Å²) in [6.45, 7) is 7.09. The van der Waals surface area contributed by atoms with Crippen molar-refractivity contribution in [1.82, 2.24) is 5.32 Å². The molecule has 1 aliphatic carbocycles. The van der Waals surface area contributed by atoms with Gasteiger partial charge in [-0.1, -0.05) is 27.2 Å². The van der Waals surface area contributed by atoms with Gasteiger partial charge in [0.05, 0.1) is 19.9 Å². The van der Waals surface area contributed by atoms with Crippen LogP contribution in [0.5, 0.6) is 11.5 Å². The van der Waals surface area contributed by atoms with E-state index in [1.807, 2.05) is 18.2 Å². The van der Waals surface area contributed by atoms with Crippen LogP contribution in [0.15, 0.2) is 18.2 Å². The van der Waals surface area contributed by atoms with Crippen LogP contribution in [0.1, 0.15) is 52.9 Å². The Bertz CT molecular complexity index is 581. The lowest BCUT2D eigenvalue weighted by Gasteiger charge is -2.39. The maximum absolute atomic E-state index is 5.51. The van der Waals surface area contributed by atoms with Crippen molar-refractivity contribution >= 4 is 23.0 Å². The summed E-state index contributed by atoms with van der Waals surface area (Å²) in [5, 5.41) is 7.36. The first-order chi connectivity index (χ1) is 11.9. The average molecular weight is 365 g/mol. The van der Waals surface area contributed by atoms with Gasteiger partial charge in [-0.3, -0.25) is 0 Å². The molecule has 0 aliphatic heterocycles. The fraction of sp³-hybridized carbons (Fsp3) is 0.650. The number of ether oxygens (including phenoxy) is 2. The van der Waals surface area contributed by atoms with E-state index in [9.17, 15) is 0 Å². The second-order valence-corrected chi connectivity index (χ2v) is 7.96. The first-order valence-electron chi connectivity index (χ1n) is 9.19. The standard InChI is InChI=1S/C20H32N2O2S/c1-6-20(2,3)14-7-9-15(10-8-14)21-19(25)22-17-13-16(23-4)11-12-18(17)24-5/h11-15H,6-10H2,1-5H3,(H2,21,22,25). The fourth-order valence-electron chi connectivity index (χ4n) is 3.56. The Hall–Kier alpha value is -1.49. The topological polar surface area (TPSA) is 42.5 Å². The molecular formula is C20H32N2O2S. The van der Waals surface area contributed by atoms with Crippen molar-refractivity contribution in [2.24, 2.45) is 11.3 Å². The van der Waals surface area contributed by atoms with Crippen LogP contribution in [-0.2, 0) is 0 Å². The van der Waals surface area contributed by atoms with Crippen LogP contribution in [0.4, 0.5) is 5.69 Å². The molecule has 2 N–H and O–H groups in total. The van der Waals surface area contributed by atoms with E-state index in [1.165, 1.54) is 32.1 Å². The van der Waals surface area contributed by atoms with Crippen molar-refractivity contribution in [2.75, 3.05) is 19.5 Å². The van der Waals surface area contributed by atoms with E-state index in [0.717, 1.165) is 23.1 Å². The van der Waals surface area contributed by atoms with E-state index in [2.05, 4.69) is 31.4 Å². The number of methoxy groups -OCH3 is 2. The van der Waals surface area contributed by atoms with Crippen LogP contribution in [-0.4, -0.2) is 25.4 Å². The number of hydrogen-bond acceptors (Lipinski definition) is 3. The number of anilines is 1. The van der Waals surface area contributed by atoms with Gasteiger partial charge in [-0.05, 0) is 61.4 Å². The van der Waals surface area contributed by atoms with Gasteiger partial charge >= 0.3 is 0 Å². The summed E-state index contributed by atoms with van der Waals surface area (Å²) in [7, 11) is 3.30. The Morgan fingerprint density at radius 1 is 1.16 bits per heavy atom. The largest absolute Gasteiger partial charge is 0.497 e. The number of rotatable bonds is 6. The molecule has 0 unspecified atom stereocenters. The van der Waals surface area contributed by atoms with Gasteiger partial charge in [0.1, 0.15) is 11.5 Å². The highest BCUT2D eigenvalue weighted by Gasteiger charge is 2.31. The van der Waals surface area contributed by atoms with Crippen molar-refractivity contribution in [1.29, 1.82) is 0 Å². The minimum atomic E-state index is 0.442. The van der Waals surface area contributed by atoms with E-state index in [-0.39, 0.29) is 0 Å². The molecule has 1 aromatic rings. The van der Waals surface area contributed by atoms with Crippen molar-refractivity contribution in [2.45, 2.75) is 58.9 Å². The van der Waals surface area contributed by atoms with E-state index < -0.39 is 0 Å². The molecule has 0 atom stereocenters. The molecule has 0 radical (unpaired) electrons. The van der Waals surface area contributed by atoms with Gasteiger partial charge < -0.3 is 20.1 Å². The van der Waals surface area contributed by atoms with Gasteiger partial charge in [-0.2, -0.15) is 0 Å². The van der Waals surface area contributed by atoms with Crippen LogP contribution in [0, 0.1) is 11.3 Å². The van der Waals surface area contributed by atoms with Crippen molar-refractivity contribution in [3.63, 3.8) is 0 Å². The third-order valence-electron chi connectivity index (χ3n) is 5.73. The molecule has 0 bridgehead atoms. The molecule has 0 spiro atoms. The monoisotopic (exact) mass is 364 g/mol. The molecule has 5 heteroatoms. The number of nitrogens with one attached hydrogen (secondary N) is 2. The lowest BCUT2D eigenvalue weighted by molar-refractivity contribution is 0.141. The SMILES string of the molecule is CCC(C)(C)C1CCC(NC(=S)Nc2cc(OC)ccc2OC)CC1. The molecule has 1 aromatic carbocycles. The molecule has 140 valence electrons. The summed E-state index contributed by atoms with van der Waals surface area (Å²) in [6.07, 6.45) is 6.12. The quantitative estimate of drug-likeness (QED) is 0.697. The molecule has 1 saturated carbocycles. The molecule has 0 amide bonds. The van der Waals surface area contributed by atoms with Crippen molar-refractivity contribution in [3.05, 3.63) is 18.2 Å². The van der Waals surface area contributed by atoms with Gasteiger partial charge in [0.15, 0.2) is 5.11 Å². The van der Waals surface area contributed by atoms with Gasteiger partial charge in [0.25, 0.3) is 0 Å². The Labute approximate surface area is 157 Å². The first-order valence-corrected chi connectivity index (χ1v) is 9.60. The first kappa shape index (κ1) is 19.8. The number of thiocarbonyl (C=S) groups is 1. The molecule has 1 aliphatic rings. The Kier molecular flexibility index (Phi) is 6.94. The van der Waals surface area contributed by atoms with Crippen LogP contribution in [0.25, 0.3) is 0 Å². The van der Waals surface area contributed by atoms with E-state index in [0.29, 0.717) is 16.6 Å². The number of benzene rings is 1. The summed E-state index contributed by atoms with van der Waals surface area (Å²) < 4.78 is 10.7. The van der Waals surface area contributed by atoms with Crippen LogP contribution in [0.3, 0.4) is 0 Å². The second-order valence-electron chi connectivity index (χ2n) is 7.56. The average Bonchev–Trinajstić information content (AvgIpc) is 2.62. The third-order valence-corrected chi connectivity index (χ3v) is 5.95. The lowest BCUT2D eigenvalue weighted by Crippen LogP contribution is -2.41. The highest BCUT2D eigenvalue weighted by atomic mass is 32.1. The summed E-state index contributed by atoms with van der Waals surface area (Å²) in [4.78, 5) is 0. The maximum atomic E-state index is 5.51. The maximum Gasteiger partial charge on any atom is 0.171 e. The fourth-order valence-corrected chi connectivity index (χ4v) is 3.84. The molecular weight excluding hydrogens is 332 g/mol. The zero-order chi connectivity index (χ0) is 18.4. The van der Waals surface area contributed by atoms with Crippen LogP contribution < -0.4 is 20.1 Å². The highest BCUT2D eigenvalue weighted by Crippen LogP contribution is 2.40. The Morgan fingerprint density at radius 2 is 1.84 bits per heavy atom. The summed E-state index contributed by atoms with van der Waals surface area (Å²) in [5.41, 5.74) is 1.26. The van der Waals surface area contributed by atoms with Gasteiger partial charge in [-0.15, -0.1) is 0 Å². The third kappa shape index (κ3) is 5.24. The molecule has 4 nitrogen and oxygen atoms in total. The summed E-state index contributed by atoms with van der Waals surface area (Å²) in [6, 6.07) is 6.09. The van der Waals surface area contributed by atoms with E-state index >= 15 is 0 Å². The normalized spacial score (nSPS) is 20.7. The Balaban J connectivity index is 1.90. The lowest BCUT2D eigenvalue weighted by atomic mass is 9.69. The number of hydrogen-bond donors (Lipinski definition) is 2. The molecule has 25 heavy (non-hydrogen) atoms. The molecule has 0 saturated heterocycles.